The van der Waals surface area contributed by atoms with Gasteiger partial charge in [0, 0.05) is 32.7 Å². The Bertz CT molecular complexity index is 427. The van der Waals surface area contributed by atoms with Crippen LogP contribution in [0.1, 0.15) is 13.3 Å². The second-order valence-corrected chi connectivity index (χ2v) is 4.19. The molecule has 0 saturated carbocycles. The van der Waals surface area contributed by atoms with Crippen molar-refractivity contribution in [3.05, 3.63) is 35.3 Å². The van der Waals surface area contributed by atoms with Gasteiger partial charge in [0.05, 0.1) is 18.4 Å². The molecular weight excluding hydrogens is 228 g/mol. The van der Waals surface area contributed by atoms with Crippen LogP contribution in [-0.4, -0.2) is 36.5 Å². The fourth-order valence-corrected chi connectivity index (χ4v) is 1.65. The van der Waals surface area contributed by atoms with E-state index in [0.29, 0.717) is 13.1 Å². The minimum Gasteiger partial charge on any atom is -0.373 e. The van der Waals surface area contributed by atoms with Crippen molar-refractivity contribution in [1.82, 2.24) is 15.1 Å². The Morgan fingerprint density at radius 2 is 2.39 bits per heavy atom. The first-order valence-corrected chi connectivity index (χ1v) is 6.29. The van der Waals surface area contributed by atoms with Crippen molar-refractivity contribution in [2.24, 2.45) is 0 Å². The van der Waals surface area contributed by atoms with E-state index in [4.69, 9.17) is 0 Å². The van der Waals surface area contributed by atoms with Gasteiger partial charge < -0.3 is 10.2 Å². The predicted octanol–water partition coefficient (Wildman–Crippen LogP) is 0.865. The number of anilines is 1. The van der Waals surface area contributed by atoms with Crippen LogP contribution in [-0.2, 0) is 6.54 Å². The standard InChI is InChI=1S/C13H22N4O/c1-4-6-14-7-9-17-13(18)10-12(11-15-17)16(3)8-5-2/h4,10-11,14H,1,5-9H2,2-3H3. The zero-order valence-corrected chi connectivity index (χ0v) is 11.2. The molecule has 5 nitrogen and oxygen atoms in total. The summed E-state index contributed by atoms with van der Waals surface area (Å²) in [6.07, 6.45) is 4.58. The topological polar surface area (TPSA) is 50.2 Å². The van der Waals surface area contributed by atoms with E-state index < -0.39 is 0 Å². The van der Waals surface area contributed by atoms with Crippen LogP contribution in [0.3, 0.4) is 0 Å². The fourth-order valence-electron chi connectivity index (χ4n) is 1.65. The summed E-state index contributed by atoms with van der Waals surface area (Å²) < 4.78 is 1.47. The first-order chi connectivity index (χ1) is 8.69. The van der Waals surface area contributed by atoms with Crippen molar-refractivity contribution < 1.29 is 0 Å². The summed E-state index contributed by atoms with van der Waals surface area (Å²) in [6, 6.07) is 1.64. The summed E-state index contributed by atoms with van der Waals surface area (Å²) in [4.78, 5) is 13.9. The van der Waals surface area contributed by atoms with Gasteiger partial charge in [-0.2, -0.15) is 5.10 Å². The van der Waals surface area contributed by atoms with E-state index >= 15 is 0 Å². The lowest BCUT2D eigenvalue weighted by atomic mass is 10.3. The minimum absolute atomic E-state index is 0.0594. The highest BCUT2D eigenvalue weighted by Crippen LogP contribution is 2.06. The van der Waals surface area contributed by atoms with E-state index in [0.717, 1.165) is 25.2 Å². The van der Waals surface area contributed by atoms with Crippen molar-refractivity contribution >= 4 is 5.69 Å². The summed E-state index contributed by atoms with van der Waals surface area (Å²) in [6.45, 7) is 8.68. The SMILES string of the molecule is C=CCNCCn1ncc(N(C)CCC)cc1=O. The number of rotatable bonds is 8. The van der Waals surface area contributed by atoms with Gasteiger partial charge in [-0.15, -0.1) is 6.58 Å². The third kappa shape index (κ3) is 4.33. The molecular formula is C13H22N4O. The molecule has 0 radical (unpaired) electrons. The Kier molecular flexibility index (Phi) is 6.14. The van der Waals surface area contributed by atoms with E-state index in [1.807, 2.05) is 11.9 Å². The lowest BCUT2D eigenvalue weighted by molar-refractivity contribution is 0.545. The van der Waals surface area contributed by atoms with Gasteiger partial charge >= 0.3 is 0 Å². The zero-order valence-electron chi connectivity index (χ0n) is 11.2. The van der Waals surface area contributed by atoms with Gasteiger partial charge in [-0.25, -0.2) is 4.68 Å². The largest absolute Gasteiger partial charge is 0.373 e. The fraction of sp³-hybridized carbons (Fsp3) is 0.538. The smallest absolute Gasteiger partial charge is 0.268 e. The lowest BCUT2D eigenvalue weighted by Gasteiger charge is -2.17. The Balaban J connectivity index is 2.62. The molecule has 0 aliphatic heterocycles. The second-order valence-electron chi connectivity index (χ2n) is 4.19. The van der Waals surface area contributed by atoms with Gasteiger partial charge in [0.1, 0.15) is 0 Å². The van der Waals surface area contributed by atoms with Crippen LogP contribution in [0.5, 0.6) is 0 Å². The molecule has 100 valence electrons. The molecule has 0 saturated heterocycles. The van der Waals surface area contributed by atoms with Crippen molar-refractivity contribution in [1.29, 1.82) is 0 Å². The Labute approximate surface area is 108 Å². The molecule has 0 unspecified atom stereocenters. The summed E-state index contributed by atoms with van der Waals surface area (Å²) in [5.74, 6) is 0. The molecule has 0 aromatic carbocycles. The maximum Gasteiger partial charge on any atom is 0.268 e. The Morgan fingerprint density at radius 1 is 1.61 bits per heavy atom. The van der Waals surface area contributed by atoms with E-state index in [1.165, 1.54) is 4.68 Å². The van der Waals surface area contributed by atoms with Crippen LogP contribution in [0, 0.1) is 0 Å². The molecule has 0 amide bonds. The van der Waals surface area contributed by atoms with Crippen LogP contribution < -0.4 is 15.8 Å². The van der Waals surface area contributed by atoms with Crippen LogP contribution in [0.25, 0.3) is 0 Å². The Morgan fingerprint density at radius 3 is 3.00 bits per heavy atom. The van der Waals surface area contributed by atoms with Gasteiger partial charge in [-0.1, -0.05) is 13.0 Å². The minimum atomic E-state index is -0.0594. The molecule has 1 heterocycles. The van der Waals surface area contributed by atoms with Crippen molar-refractivity contribution in [3.63, 3.8) is 0 Å². The van der Waals surface area contributed by atoms with Gasteiger partial charge in [0.15, 0.2) is 0 Å². The molecule has 0 bridgehead atoms. The highest BCUT2D eigenvalue weighted by atomic mass is 16.1. The molecule has 0 aliphatic carbocycles. The number of hydrogen-bond donors (Lipinski definition) is 1. The van der Waals surface area contributed by atoms with Crippen LogP contribution in [0.15, 0.2) is 29.7 Å². The third-order valence-corrected chi connectivity index (χ3v) is 2.64. The molecule has 0 spiro atoms. The summed E-state index contributed by atoms with van der Waals surface area (Å²) >= 11 is 0. The summed E-state index contributed by atoms with van der Waals surface area (Å²) in [5, 5.41) is 7.32. The van der Waals surface area contributed by atoms with Crippen LogP contribution in [0.2, 0.25) is 0 Å². The van der Waals surface area contributed by atoms with Gasteiger partial charge in [-0.3, -0.25) is 4.79 Å². The summed E-state index contributed by atoms with van der Waals surface area (Å²) in [5.41, 5.74) is 0.813. The lowest BCUT2D eigenvalue weighted by Crippen LogP contribution is -2.30. The van der Waals surface area contributed by atoms with Crippen LogP contribution >= 0.6 is 0 Å². The molecule has 0 fully saturated rings. The highest BCUT2D eigenvalue weighted by Gasteiger charge is 2.03. The molecule has 1 rings (SSSR count). The quantitative estimate of drug-likeness (QED) is 0.549. The van der Waals surface area contributed by atoms with Gasteiger partial charge in [0.2, 0.25) is 0 Å². The van der Waals surface area contributed by atoms with E-state index in [2.05, 4.69) is 23.9 Å². The number of nitrogens with zero attached hydrogens (tertiary/aromatic N) is 3. The molecule has 5 heteroatoms. The molecule has 0 aliphatic rings. The number of hydrogen-bond acceptors (Lipinski definition) is 4. The van der Waals surface area contributed by atoms with Crippen LogP contribution in [0.4, 0.5) is 5.69 Å². The average molecular weight is 250 g/mol. The zero-order chi connectivity index (χ0) is 13.4. The molecule has 1 N–H and O–H groups in total. The molecule has 1 aromatic heterocycles. The maximum absolute atomic E-state index is 11.8. The van der Waals surface area contributed by atoms with Crippen molar-refractivity contribution in [3.8, 4) is 0 Å². The highest BCUT2D eigenvalue weighted by molar-refractivity contribution is 5.41. The normalized spacial score (nSPS) is 10.3. The van der Waals surface area contributed by atoms with E-state index in [-0.39, 0.29) is 5.56 Å². The molecule has 0 atom stereocenters. The first-order valence-electron chi connectivity index (χ1n) is 6.29. The maximum atomic E-state index is 11.8. The van der Waals surface area contributed by atoms with E-state index in [1.54, 1.807) is 18.3 Å². The Hall–Kier alpha value is -1.62. The third-order valence-electron chi connectivity index (χ3n) is 2.64. The monoisotopic (exact) mass is 250 g/mol. The van der Waals surface area contributed by atoms with E-state index in [9.17, 15) is 4.79 Å². The number of aromatic nitrogens is 2. The molecule has 1 aromatic rings. The summed E-state index contributed by atoms with van der Waals surface area (Å²) in [7, 11) is 1.97. The second kappa shape index (κ2) is 7.66. The predicted molar refractivity (Wildman–Crippen MR) is 75.1 cm³/mol. The van der Waals surface area contributed by atoms with Crippen molar-refractivity contribution in [2.45, 2.75) is 19.9 Å². The number of nitrogens with one attached hydrogen (secondary N) is 1. The van der Waals surface area contributed by atoms with Gasteiger partial charge in [-0.05, 0) is 6.42 Å². The van der Waals surface area contributed by atoms with Crippen molar-refractivity contribution in [2.75, 3.05) is 31.6 Å². The molecule has 18 heavy (non-hydrogen) atoms. The average Bonchev–Trinajstić information content (AvgIpc) is 2.36. The van der Waals surface area contributed by atoms with Gasteiger partial charge in [0.25, 0.3) is 5.56 Å². The first kappa shape index (κ1) is 14.4.